The number of anilines is 1. The summed E-state index contributed by atoms with van der Waals surface area (Å²) in [6.07, 6.45) is 8.75. The van der Waals surface area contributed by atoms with Crippen molar-refractivity contribution in [2.45, 2.75) is 50.7 Å². The first-order chi connectivity index (χ1) is 9.83. The lowest BCUT2D eigenvalue weighted by Gasteiger charge is -2.35. The minimum atomic E-state index is 0.680. The third kappa shape index (κ3) is 2.08. The molecule has 106 valence electrons. The minimum absolute atomic E-state index is 0.680. The second-order valence-corrected chi connectivity index (χ2v) is 6.16. The van der Waals surface area contributed by atoms with Gasteiger partial charge in [0.05, 0.1) is 5.69 Å². The molecule has 0 saturated heterocycles. The standard InChI is InChI=1S/C16H22N4/c1-19(13-5-4-6-13)16-14(11-17-12-8-9-12)20-10-3-2-7-15(20)18-16/h2-3,7,10,12-13,17H,4-6,8-9,11H2,1H3. The zero-order chi connectivity index (χ0) is 13.5. The molecule has 4 heteroatoms. The summed E-state index contributed by atoms with van der Waals surface area (Å²) in [5.41, 5.74) is 2.36. The van der Waals surface area contributed by atoms with Crippen LogP contribution in [0.15, 0.2) is 24.4 Å². The number of rotatable bonds is 5. The molecule has 2 fully saturated rings. The Kier molecular flexibility index (Phi) is 2.91. The second-order valence-electron chi connectivity index (χ2n) is 6.16. The summed E-state index contributed by atoms with van der Waals surface area (Å²) < 4.78 is 2.24. The average molecular weight is 270 g/mol. The Morgan fingerprint density at radius 1 is 1.30 bits per heavy atom. The Labute approximate surface area is 119 Å². The van der Waals surface area contributed by atoms with E-state index in [1.165, 1.54) is 37.8 Å². The predicted octanol–water partition coefficient (Wildman–Crippen LogP) is 2.58. The fourth-order valence-corrected chi connectivity index (χ4v) is 2.96. The van der Waals surface area contributed by atoms with Gasteiger partial charge in [0.15, 0.2) is 5.82 Å². The van der Waals surface area contributed by atoms with Crippen LogP contribution >= 0.6 is 0 Å². The van der Waals surface area contributed by atoms with Crippen LogP contribution in [0.1, 0.15) is 37.8 Å². The number of nitrogens with zero attached hydrogens (tertiary/aromatic N) is 3. The first-order valence-corrected chi connectivity index (χ1v) is 7.75. The van der Waals surface area contributed by atoms with Gasteiger partial charge >= 0.3 is 0 Å². The first kappa shape index (κ1) is 12.2. The van der Waals surface area contributed by atoms with E-state index in [9.17, 15) is 0 Å². The number of hydrogen-bond acceptors (Lipinski definition) is 3. The van der Waals surface area contributed by atoms with Crippen molar-refractivity contribution in [1.82, 2.24) is 14.7 Å². The lowest BCUT2D eigenvalue weighted by molar-refractivity contribution is 0.398. The monoisotopic (exact) mass is 270 g/mol. The Hall–Kier alpha value is -1.55. The lowest BCUT2D eigenvalue weighted by Crippen LogP contribution is -2.38. The maximum absolute atomic E-state index is 4.86. The highest BCUT2D eigenvalue weighted by atomic mass is 15.2. The molecule has 0 bridgehead atoms. The molecule has 2 aromatic heterocycles. The number of fused-ring (bicyclic) bond motifs is 1. The molecule has 0 amide bonds. The topological polar surface area (TPSA) is 32.6 Å². The van der Waals surface area contributed by atoms with Gasteiger partial charge in [-0.25, -0.2) is 4.98 Å². The van der Waals surface area contributed by atoms with Gasteiger partial charge in [0, 0.05) is 31.9 Å². The summed E-state index contributed by atoms with van der Waals surface area (Å²) in [4.78, 5) is 7.25. The number of nitrogens with one attached hydrogen (secondary N) is 1. The van der Waals surface area contributed by atoms with Crippen molar-refractivity contribution in [3.8, 4) is 0 Å². The molecule has 0 aliphatic heterocycles. The first-order valence-electron chi connectivity index (χ1n) is 7.75. The van der Waals surface area contributed by atoms with Crippen LogP contribution in [0.3, 0.4) is 0 Å². The molecule has 0 atom stereocenters. The van der Waals surface area contributed by atoms with Gasteiger partial charge in [-0.05, 0) is 44.2 Å². The third-order valence-electron chi connectivity index (χ3n) is 4.70. The molecule has 0 unspecified atom stereocenters. The molecule has 0 radical (unpaired) electrons. The van der Waals surface area contributed by atoms with E-state index in [1.807, 2.05) is 0 Å². The van der Waals surface area contributed by atoms with E-state index in [1.54, 1.807) is 0 Å². The molecule has 2 aliphatic rings. The van der Waals surface area contributed by atoms with Crippen molar-refractivity contribution in [1.29, 1.82) is 0 Å². The number of pyridine rings is 1. The van der Waals surface area contributed by atoms with Gasteiger partial charge in [0.25, 0.3) is 0 Å². The van der Waals surface area contributed by atoms with Crippen LogP contribution in [-0.4, -0.2) is 28.5 Å². The molecular weight excluding hydrogens is 248 g/mol. The van der Waals surface area contributed by atoms with E-state index < -0.39 is 0 Å². The van der Waals surface area contributed by atoms with Gasteiger partial charge in [-0.15, -0.1) is 0 Å². The van der Waals surface area contributed by atoms with Crippen molar-refractivity contribution in [2.75, 3.05) is 11.9 Å². The minimum Gasteiger partial charge on any atom is -0.355 e. The Morgan fingerprint density at radius 3 is 2.85 bits per heavy atom. The van der Waals surface area contributed by atoms with Crippen LogP contribution in [0.5, 0.6) is 0 Å². The maximum atomic E-state index is 4.86. The van der Waals surface area contributed by atoms with Gasteiger partial charge in [-0.3, -0.25) is 0 Å². The van der Waals surface area contributed by atoms with Crippen molar-refractivity contribution < 1.29 is 0 Å². The van der Waals surface area contributed by atoms with Crippen LogP contribution in [0.25, 0.3) is 5.65 Å². The van der Waals surface area contributed by atoms with Gasteiger partial charge in [0.2, 0.25) is 0 Å². The second kappa shape index (κ2) is 4.77. The van der Waals surface area contributed by atoms with Crippen LogP contribution in [0.4, 0.5) is 5.82 Å². The Bertz CT molecular complexity index is 610. The largest absolute Gasteiger partial charge is 0.355 e. The molecular formula is C16H22N4. The van der Waals surface area contributed by atoms with Crippen molar-refractivity contribution in [2.24, 2.45) is 0 Å². The third-order valence-corrected chi connectivity index (χ3v) is 4.70. The number of aromatic nitrogens is 2. The summed E-state index contributed by atoms with van der Waals surface area (Å²) >= 11 is 0. The van der Waals surface area contributed by atoms with Crippen molar-refractivity contribution in [3.63, 3.8) is 0 Å². The van der Waals surface area contributed by atoms with E-state index in [0.29, 0.717) is 6.04 Å². The summed E-state index contributed by atoms with van der Waals surface area (Å²) in [5.74, 6) is 1.16. The normalized spacial score (nSPS) is 19.2. The smallest absolute Gasteiger partial charge is 0.152 e. The van der Waals surface area contributed by atoms with E-state index in [4.69, 9.17) is 4.98 Å². The van der Waals surface area contributed by atoms with Gasteiger partial charge in [-0.1, -0.05) is 6.07 Å². The Morgan fingerprint density at radius 2 is 2.15 bits per heavy atom. The van der Waals surface area contributed by atoms with Gasteiger partial charge in [-0.2, -0.15) is 0 Å². The number of imidazole rings is 1. The molecule has 0 spiro atoms. The SMILES string of the molecule is CN(c1nc2ccccn2c1CNC1CC1)C1CCC1. The quantitative estimate of drug-likeness (QED) is 0.906. The van der Waals surface area contributed by atoms with Crippen LogP contribution in [-0.2, 0) is 6.54 Å². The number of hydrogen-bond donors (Lipinski definition) is 1. The van der Waals surface area contributed by atoms with E-state index in [2.05, 4.69) is 46.1 Å². The average Bonchev–Trinajstić information content (AvgIpc) is 3.14. The highest BCUT2D eigenvalue weighted by Gasteiger charge is 2.27. The summed E-state index contributed by atoms with van der Waals surface area (Å²) in [6.45, 7) is 0.919. The molecule has 4 nitrogen and oxygen atoms in total. The highest BCUT2D eigenvalue weighted by Crippen LogP contribution is 2.31. The van der Waals surface area contributed by atoms with Gasteiger partial charge in [0.1, 0.15) is 5.65 Å². The molecule has 2 aromatic rings. The molecule has 20 heavy (non-hydrogen) atoms. The molecule has 2 saturated carbocycles. The van der Waals surface area contributed by atoms with Gasteiger partial charge < -0.3 is 14.6 Å². The zero-order valence-electron chi connectivity index (χ0n) is 12.0. The van der Waals surface area contributed by atoms with Crippen molar-refractivity contribution in [3.05, 3.63) is 30.1 Å². The van der Waals surface area contributed by atoms with Crippen LogP contribution in [0.2, 0.25) is 0 Å². The van der Waals surface area contributed by atoms with E-state index >= 15 is 0 Å². The lowest BCUT2D eigenvalue weighted by atomic mass is 9.92. The predicted molar refractivity (Wildman–Crippen MR) is 81.1 cm³/mol. The van der Waals surface area contributed by atoms with Crippen molar-refractivity contribution >= 4 is 11.5 Å². The van der Waals surface area contributed by atoms with E-state index in [-0.39, 0.29) is 0 Å². The van der Waals surface area contributed by atoms with Crippen LogP contribution in [0, 0.1) is 0 Å². The molecule has 2 heterocycles. The maximum Gasteiger partial charge on any atom is 0.152 e. The summed E-state index contributed by atoms with van der Waals surface area (Å²) in [5, 5.41) is 3.63. The molecule has 1 N–H and O–H groups in total. The molecule has 0 aromatic carbocycles. The Balaban J connectivity index is 1.70. The summed E-state index contributed by atoms with van der Waals surface area (Å²) in [6, 6.07) is 7.65. The molecule has 2 aliphatic carbocycles. The zero-order valence-corrected chi connectivity index (χ0v) is 12.0. The van der Waals surface area contributed by atoms with E-state index in [0.717, 1.165) is 24.1 Å². The fourth-order valence-electron chi connectivity index (χ4n) is 2.96. The highest BCUT2D eigenvalue weighted by molar-refractivity contribution is 5.56. The fraction of sp³-hybridized carbons (Fsp3) is 0.562. The van der Waals surface area contributed by atoms with Crippen LogP contribution < -0.4 is 10.2 Å². The summed E-state index contributed by atoms with van der Waals surface area (Å²) in [7, 11) is 2.20. The molecule has 4 rings (SSSR count).